The van der Waals surface area contributed by atoms with Crippen LogP contribution in [0.15, 0.2) is 6.20 Å². The summed E-state index contributed by atoms with van der Waals surface area (Å²) in [4.78, 5) is 0. The summed E-state index contributed by atoms with van der Waals surface area (Å²) in [6.45, 7) is 8.21. The Hall–Kier alpha value is -1.34. The molecule has 1 heterocycles. The molecule has 1 aromatic rings. The zero-order chi connectivity index (χ0) is 12.9. The third-order valence-electron chi connectivity index (χ3n) is 3.17. The number of hydrogen-bond donors (Lipinski definition) is 1. The van der Waals surface area contributed by atoms with Crippen LogP contribution in [0.5, 0.6) is 0 Å². The zero-order valence-electron chi connectivity index (χ0n) is 11.2. The van der Waals surface area contributed by atoms with Crippen LogP contribution in [0.2, 0.25) is 0 Å². The molecule has 0 aliphatic rings. The molecule has 94 valence electrons. The summed E-state index contributed by atoms with van der Waals surface area (Å²) in [7, 11) is 1.95. The second kappa shape index (κ2) is 5.83. The van der Waals surface area contributed by atoms with Gasteiger partial charge in [-0.3, -0.25) is 4.68 Å². The minimum Gasteiger partial charge on any atom is -0.312 e. The Bertz CT molecular complexity index is 398. The Balaban J connectivity index is 2.37. The van der Waals surface area contributed by atoms with Crippen LogP contribution < -0.4 is 5.32 Å². The highest BCUT2D eigenvalue weighted by atomic mass is 15.3. The summed E-state index contributed by atoms with van der Waals surface area (Å²) in [6, 6.07) is 2.20. The highest BCUT2D eigenvalue weighted by Crippen LogP contribution is 2.20. The van der Waals surface area contributed by atoms with Crippen LogP contribution in [0.1, 0.15) is 37.9 Å². The predicted molar refractivity (Wildman–Crippen MR) is 68.3 cm³/mol. The van der Waals surface area contributed by atoms with Gasteiger partial charge in [0.1, 0.15) is 0 Å². The molecule has 0 amide bonds. The topological polar surface area (TPSA) is 53.6 Å². The summed E-state index contributed by atoms with van der Waals surface area (Å²) < 4.78 is 1.89. The fourth-order valence-corrected chi connectivity index (χ4v) is 1.74. The zero-order valence-corrected chi connectivity index (χ0v) is 11.2. The molecule has 0 aromatic carbocycles. The molecule has 0 radical (unpaired) electrons. The lowest BCUT2D eigenvalue weighted by atomic mass is 9.88. The Kier molecular flexibility index (Phi) is 4.71. The van der Waals surface area contributed by atoms with Crippen molar-refractivity contribution in [1.82, 2.24) is 15.1 Å². The molecule has 0 bridgehead atoms. The van der Waals surface area contributed by atoms with E-state index in [-0.39, 0.29) is 5.41 Å². The molecule has 0 unspecified atom stereocenters. The van der Waals surface area contributed by atoms with E-state index < -0.39 is 0 Å². The first-order valence-corrected chi connectivity index (χ1v) is 6.01. The highest BCUT2D eigenvalue weighted by Gasteiger charge is 2.17. The van der Waals surface area contributed by atoms with Crippen LogP contribution >= 0.6 is 0 Å². The molecule has 0 aliphatic carbocycles. The molecule has 0 saturated carbocycles. The SMILES string of the molecule is Cc1c(CNCC(C)(C)CCC#N)cnn1C. The Morgan fingerprint density at radius 3 is 2.76 bits per heavy atom. The smallest absolute Gasteiger partial charge is 0.0621 e. The third kappa shape index (κ3) is 4.20. The second-order valence-corrected chi connectivity index (χ2v) is 5.30. The van der Waals surface area contributed by atoms with Gasteiger partial charge < -0.3 is 5.32 Å². The van der Waals surface area contributed by atoms with E-state index in [0.29, 0.717) is 6.42 Å². The van der Waals surface area contributed by atoms with Gasteiger partial charge in [-0.25, -0.2) is 0 Å². The van der Waals surface area contributed by atoms with Crippen molar-refractivity contribution in [3.63, 3.8) is 0 Å². The molecule has 1 aromatic heterocycles. The van der Waals surface area contributed by atoms with E-state index in [2.05, 4.69) is 37.3 Å². The Labute approximate surface area is 104 Å². The van der Waals surface area contributed by atoms with Gasteiger partial charge >= 0.3 is 0 Å². The van der Waals surface area contributed by atoms with Crippen LogP contribution in [0.25, 0.3) is 0 Å². The van der Waals surface area contributed by atoms with Gasteiger partial charge in [0.15, 0.2) is 0 Å². The lowest BCUT2D eigenvalue weighted by molar-refractivity contribution is 0.317. The van der Waals surface area contributed by atoms with Crippen molar-refractivity contribution >= 4 is 0 Å². The van der Waals surface area contributed by atoms with Gasteiger partial charge in [-0.05, 0) is 18.8 Å². The van der Waals surface area contributed by atoms with Gasteiger partial charge in [-0.15, -0.1) is 0 Å². The first-order chi connectivity index (χ1) is 7.96. The van der Waals surface area contributed by atoms with Gasteiger partial charge in [0.25, 0.3) is 0 Å². The highest BCUT2D eigenvalue weighted by molar-refractivity contribution is 5.15. The van der Waals surface area contributed by atoms with Gasteiger partial charge in [0.05, 0.1) is 12.3 Å². The number of aryl methyl sites for hydroxylation is 1. The normalized spacial score (nSPS) is 11.5. The van der Waals surface area contributed by atoms with Crippen LogP contribution in [0.4, 0.5) is 0 Å². The van der Waals surface area contributed by atoms with Crippen LogP contribution in [-0.4, -0.2) is 16.3 Å². The number of nitriles is 1. The molecular weight excluding hydrogens is 212 g/mol. The summed E-state index contributed by atoms with van der Waals surface area (Å²) >= 11 is 0. The Morgan fingerprint density at radius 2 is 2.24 bits per heavy atom. The van der Waals surface area contributed by atoms with E-state index in [9.17, 15) is 0 Å². The standard InChI is InChI=1S/C13H22N4/c1-11-12(9-16-17(11)4)8-15-10-13(2,3)6-5-7-14/h9,15H,5-6,8,10H2,1-4H3. The number of nitrogens with one attached hydrogen (secondary N) is 1. The van der Waals surface area contributed by atoms with E-state index in [1.807, 2.05) is 17.9 Å². The van der Waals surface area contributed by atoms with E-state index in [4.69, 9.17) is 5.26 Å². The van der Waals surface area contributed by atoms with Crippen LogP contribution in [0, 0.1) is 23.7 Å². The van der Waals surface area contributed by atoms with Crippen molar-refractivity contribution in [2.24, 2.45) is 12.5 Å². The van der Waals surface area contributed by atoms with Crippen molar-refractivity contribution in [3.8, 4) is 6.07 Å². The molecule has 17 heavy (non-hydrogen) atoms. The number of rotatable bonds is 6. The fourth-order valence-electron chi connectivity index (χ4n) is 1.74. The maximum absolute atomic E-state index is 8.59. The lowest BCUT2D eigenvalue weighted by Gasteiger charge is -2.23. The van der Waals surface area contributed by atoms with E-state index in [1.165, 1.54) is 11.3 Å². The largest absolute Gasteiger partial charge is 0.312 e. The quantitative estimate of drug-likeness (QED) is 0.820. The van der Waals surface area contributed by atoms with Crippen LogP contribution in [0.3, 0.4) is 0 Å². The summed E-state index contributed by atoms with van der Waals surface area (Å²) in [5.74, 6) is 0. The first kappa shape index (κ1) is 13.7. The van der Waals surface area contributed by atoms with Crippen molar-refractivity contribution in [2.75, 3.05) is 6.54 Å². The predicted octanol–water partition coefficient (Wildman–Crippen LogP) is 2.15. The molecule has 0 aliphatic heterocycles. The van der Waals surface area contributed by atoms with Gasteiger partial charge in [-0.1, -0.05) is 13.8 Å². The van der Waals surface area contributed by atoms with Gasteiger partial charge in [0.2, 0.25) is 0 Å². The third-order valence-corrected chi connectivity index (χ3v) is 3.17. The van der Waals surface area contributed by atoms with E-state index in [0.717, 1.165) is 19.5 Å². The summed E-state index contributed by atoms with van der Waals surface area (Å²) in [6.07, 6.45) is 3.47. The maximum atomic E-state index is 8.59. The lowest BCUT2D eigenvalue weighted by Crippen LogP contribution is -2.29. The average molecular weight is 234 g/mol. The minimum absolute atomic E-state index is 0.172. The number of nitrogens with zero attached hydrogens (tertiary/aromatic N) is 3. The molecule has 4 heteroatoms. The molecule has 0 saturated heterocycles. The molecule has 0 fully saturated rings. The van der Waals surface area contributed by atoms with Crippen molar-refractivity contribution in [3.05, 3.63) is 17.5 Å². The fraction of sp³-hybridized carbons (Fsp3) is 0.692. The van der Waals surface area contributed by atoms with Gasteiger partial charge in [-0.2, -0.15) is 10.4 Å². The molecule has 1 N–H and O–H groups in total. The summed E-state index contributed by atoms with van der Waals surface area (Å²) in [5.41, 5.74) is 2.61. The first-order valence-electron chi connectivity index (χ1n) is 6.01. The van der Waals surface area contributed by atoms with Crippen molar-refractivity contribution < 1.29 is 0 Å². The minimum atomic E-state index is 0.172. The molecule has 1 rings (SSSR count). The van der Waals surface area contributed by atoms with Crippen LogP contribution in [-0.2, 0) is 13.6 Å². The molecule has 0 atom stereocenters. The number of aromatic nitrogens is 2. The van der Waals surface area contributed by atoms with E-state index >= 15 is 0 Å². The molecule has 4 nitrogen and oxygen atoms in total. The molecule has 0 spiro atoms. The summed E-state index contributed by atoms with van der Waals surface area (Å²) in [5, 5.41) is 16.2. The number of hydrogen-bond acceptors (Lipinski definition) is 3. The monoisotopic (exact) mass is 234 g/mol. The van der Waals surface area contributed by atoms with Crippen molar-refractivity contribution in [2.45, 2.75) is 40.2 Å². The molecular formula is C13H22N4. The van der Waals surface area contributed by atoms with E-state index in [1.54, 1.807) is 0 Å². The Morgan fingerprint density at radius 1 is 1.53 bits per heavy atom. The second-order valence-electron chi connectivity index (χ2n) is 5.30. The van der Waals surface area contributed by atoms with Gasteiger partial charge in [0, 0.05) is 37.8 Å². The maximum Gasteiger partial charge on any atom is 0.0621 e. The van der Waals surface area contributed by atoms with Crippen molar-refractivity contribution in [1.29, 1.82) is 5.26 Å². The average Bonchev–Trinajstić information content (AvgIpc) is 2.58.